The molecule has 0 bridgehead atoms. The average Bonchev–Trinajstić information content (AvgIpc) is 2.97. The molecule has 1 aromatic heterocycles. The van der Waals surface area contributed by atoms with Gasteiger partial charge in [-0.15, -0.1) is 0 Å². The highest BCUT2D eigenvalue weighted by Crippen LogP contribution is 2.21. The lowest BCUT2D eigenvalue weighted by atomic mass is 9.98. The Bertz CT molecular complexity index is 714. The summed E-state index contributed by atoms with van der Waals surface area (Å²) in [5.74, 6) is -1.32. The number of carboxylic acids is 1. The molecule has 1 amide bonds. The van der Waals surface area contributed by atoms with Crippen molar-refractivity contribution in [3.8, 4) is 0 Å². The van der Waals surface area contributed by atoms with Crippen molar-refractivity contribution in [3.05, 3.63) is 52.9 Å². The van der Waals surface area contributed by atoms with Crippen molar-refractivity contribution >= 4 is 11.9 Å². The average molecular weight is 316 g/mol. The van der Waals surface area contributed by atoms with Crippen molar-refractivity contribution in [1.29, 1.82) is 0 Å². The largest absolute Gasteiger partial charge is 0.475 e. The second-order valence-corrected chi connectivity index (χ2v) is 6.24. The smallest absolute Gasteiger partial charge is 0.374 e. The number of carbonyl (C=O) groups excluding carboxylic acids is 1. The van der Waals surface area contributed by atoms with Crippen molar-refractivity contribution in [1.82, 2.24) is 10.5 Å². The van der Waals surface area contributed by atoms with Crippen LogP contribution in [0, 0.1) is 0 Å². The summed E-state index contributed by atoms with van der Waals surface area (Å²) in [5, 5.41) is 15.4. The maximum atomic E-state index is 12.4. The first-order valence-electron chi connectivity index (χ1n) is 7.33. The van der Waals surface area contributed by atoms with Gasteiger partial charge in [-0.05, 0) is 37.5 Å². The third-order valence-electron chi connectivity index (χ3n) is 3.63. The van der Waals surface area contributed by atoms with Crippen LogP contribution in [-0.2, 0) is 5.54 Å². The van der Waals surface area contributed by atoms with E-state index in [1.54, 1.807) is 26.0 Å². The lowest BCUT2D eigenvalue weighted by Gasteiger charge is -2.23. The Hall–Kier alpha value is -2.63. The van der Waals surface area contributed by atoms with Gasteiger partial charge in [0.25, 0.3) is 5.91 Å². The lowest BCUT2D eigenvalue weighted by molar-refractivity contribution is 0.0651. The number of nitrogens with zero attached hydrogens (tertiary/aromatic N) is 1. The van der Waals surface area contributed by atoms with Crippen molar-refractivity contribution in [2.24, 2.45) is 0 Å². The van der Waals surface area contributed by atoms with E-state index < -0.39 is 11.5 Å². The Balaban J connectivity index is 2.15. The summed E-state index contributed by atoms with van der Waals surface area (Å²) >= 11 is 0. The first-order valence-corrected chi connectivity index (χ1v) is 7.33. The molecule has 0 fully saturated rings. The van der Waals surface area contributed by atoms with E-state index >= 15 is 0 Å². The van der Waals surface area contributed by atoms with Crippen molar-refractivity contribution in [2.75, 3.05) is 0 Å². The number of aromatic carboxylic acids is 1. The Kier molecular flexibility index (Phi) is 4.54. The number of benzene rings is 1. The van der Waals surface area contributed by atoms with Crippen LogP contribution in [0.1, 0.15) is 65.8 Å². The quantitative estimate of drug-likeness (QED) is 0.884. The second-order valence-electron chi connectivity index (χ2n) is 6.24. The van der Waals surface area contributed by atoms with Crippen LogP contribution >= 0.6 is 0 Å². The van der Waals surface area contributed by atoms with Gasteiger partial charge >= 0.3 is 5.97 Å². The van der Waals surface area contributed by atoms with E-state index in [4.69, 9.17) is 9.63 Å². The van der Waals surface area contributed by atoms with Gasteiger partial charge in [-0.25, -0.2) is 4.79 Å². The van der Waals surface area contributed by atoms with Crippen LogP contribution in [0.3, 0.4) is 0 Å². The summed E-state index contributed by atoms with van der Waals surface area (Å²) in [6, 6.07) is 8.69. The van der Waals surface area contributed by atoms with Crippen LogP contribution in [0.5, 0.6) is 0 Å². The zero-order chi connectivity index (χ0) is 17.2. The fourth-order valence-corrected chi connectivity index (χ4v) is 2.11. The normalized spacial score (nSPS) is 11.5. The number of rotatable bonds is 5. The zero-order valence-corrected chi connectivity index (χ0v) is 13.6. The number of carboxylic acid groups (broad SMARTS) is 1. The molecule has 2 aromatic rings. The summed E-state index contributed by atoms with van der Waals surface area (Å²) in [6.45, 7) is 7.64. The maximum Gasteiger partial charge on any atom is 0.374 e. The highest BCUT2D eigenvalue weighted by molar-refractivity contribution is 5.94. The predicted molar refractivity (Wildman–Crippen MR) is 84.5 cm³/mol. The third kappa shape index (κ3) is 3.77. The Labute approximate surface area is 134 Å². The van der Waals surface area contributed by atoms with Gasteiger partial charge < -0.3 is 14.9 Å². The van der Waals surface area contributed by atoms with E-state index in [1.165, 1.54) is 6.07 Å². The highest BCUT2D eigenvalue weighted by Gasteiger charge is 2.28. The molecule has 0 radical (unpaired) electrons. The number of nitrogens with one attached hydrogen (secondary N) is 1. The summed E-state index contributed by atoms with van der Waals surface area (Å²) < 4.78 is 4.74. The molecule has 0 spiro atoms. The fraction of sp³-hybridized carbons (Fsp3) is 0.353. The van der Waals surface area contributed by atoms with E-state index in [0.29, 0.717) is 17.2 Å². The van der Waals surface area contributed by atoms with Gasteiger partial charge in [-0.3, -0.25) is 4.79 Å². The standard InChI is InChI=1S/C17H20N2O4/c1-10(2)11-5-7-12(8-6-11)15(20)18-17(3,4)14-9-13(16(21)22)23-19-14/h5-10H,1-4H3,(H,18,20)(H,21,22). The zero-order valence-electron chi connectivity index (χ0n) is 13.6. The topological polar surface area (TPSA) is 92.4 Å². The van der Waals surface area contributed by atoms with E-state index in [2.05, 4.69) is 24.3 Å². The minimum Gasteiger partial charge on any atom is -0.475 e. The summed E-state index contributed by atoms with van der Waals surface area (Å²) in [7, 11) is 0. The molecule has 122 valence electrons. The molecular formula is C17H20N2O4. The number of hydrogen-bond acceptors (Lipinski definition) is 4. The molecule has 0 aliphatic rings. The molecule has 6 heteroatoms. The number of amides is 1. The molecule has 0 saturated heterocycles. The molecule has 0 atom stereocenters. The maximum absolute atomic E-state index is 12.4. The number of hydrogen-bond donors (Lipinski definition) is 2. The van der Waals surface area contributed by atoms with Gasteiger partial charge in [0.15, 0.2) is 0 Å². The highest BCUT2D eigenvalue weighted by atomic mass is 16.5. The van der Waals surface area contributed by atoms with Gasteiger partial charge in [0.05, 0.1) is 5.54 Å². The van der Waals surface area contributed by atoms with Crippen LogP contribution in [0.4, 0.5) is 0 Å². The van der Waals surface area contributed by atoms with Gasteiger partial charge in [0.2, 0.25) is 5.76 Å². The van der Waals surface area contributed by atoms with E-state index in [9.17, 15) is 9.59 Å². The molecule has 0 aliphatic heterocycles. The minimum atomic E-state index is -1.20. The Morgan fingerprint density at radius 2 is 1.83 bits per heavy atom. The summed E-state index contributed by atoms with van der Waals surface area (Å²) in [6.07, 6.45) is 0. The first-order chi connectivity index (χ1) is 10.7. The molecule has 1 heterocycles. The molecule has 6 nitrogen and oxygen atoms in total. The van der Waals surface area contributed by atoms with Crippen molar-refractivity contribution in [3.63, 3.8) is 0 Å². The van der Waals surface area contributed by atoms with Crippen LogP contribution in [0.25, 0.3) is 0 Å². The Morgan fingerprint density at radius 1 is 1.22 bits per heavy atom. The van der Waals surface area contributed by atoms with Gasteiger partial charge in [-0.1, -0.05) is 31.1 Å². The molecular weight excluding hydrogens is 296 g/mol. The molecule has 2 N–H and O–H groups in total. The summed E-state index contributed by atoms with van der Waals surface area (Å²) in [5.41, 5.74) is 1.18. The second kappa shape index (κ2) is 6.24. The SMILES string of the molecule is CC(C)c1ccc(C(=O)NC(C)(C)c2cc(C(=O)O)on2)cc1. The van der Waals surface area contributed by atoms with Gasteiger partial charge in [-0.2, -0.15) is 0 Å². The van der Waals surface area contributed by atoms with Crippen LogP contribution in [-0.4, -0.2) is 22.1 Å². The monoisotopic (exact) mass is 316 g/mol. The molecule has 1 aromatic carbocycles. The molecule has 0 saturated carbocycles. The Morgan fingerprint density at radius 3 is 2.30 bits per heavy atom. The minimum absolute atomic E-state index is 0.259. The molecule has 0 unspecified atom stereocenters. The number of carbonyl (C=O) groups is 2. The predicted octanol–water partition coefficient (Wildman–Crippen LogP) is 3.16. The van der Waals surface area contributed by atoms with Crippen LogP contribution in [0.15, 0.2) is 34.9 Å². The van der Waals surface area contributed by atoms with Gasteiger partial charge in [0, 0.05) is 11.6 Å². The van der Waals surface area contributed by atoms with Crippen LogP contribution < -0.4 is 5.32 Å². The molecule has 23 heavy (non-hydrogen) atoms. The van der Waals surface area contributed by atoms with Crippen molar-refractivity contribution < 1.29 is 19.2 Å². The van der Waals surface area contributed by atoms with Crippen molar-refractivity contribution in [2.45, 2.75) is 39.2 Å². The first kappa shape index (κ1) is 16.7. The van der Waals surface area contributed by atoms with E-state index in [0.717, 1.165) is 5.56 Å². The lowest BCUT2D eigenvalue weighted by Crippen LogP contribution is -2.41. The van der Waals surface area contributed by atoms with E-state index in [1.807, 2.05) is 12.1 Å². The third-order valence-corrected chi connectivity index (χ3v) is 3.63. The summed E-state index contributed by atoms with van der Waals surface area (Å²) in [4.78, 5) is 23.2. The fourth-order valence-electron chi connectivity index (χ4n) is 2.11. The van der Waals surface area contributed by atoms with Crippen LogP contribution in [0.2, 0.25) is 0 Å². The molecule has 0 aliphatic carbocycles. The van der Waals surface area contributed by atoms with E-state index in [-0.39, 0.29) is 11.7 Å². The molecule has 2 rings (SSSR count). The van der Waals surface area contributed by atoms with Gasteiger partial charge in [0.1, 0.15) is 5.69 Å². The number of aromatic nitrogens is 1.